The van der Waals surface area contributed by atoms with Crippen LogP contribution in [0.1, 0.15) is 24.0 Å². The first-order valence-electron chi connectivity index (χ1n) is 12.3. The van der Waals surface area contributed by atoms with Gasteiger partial charge in [-0.25, -0.2) is 8.42 Å². The molecule has 190 valence electrons. The SMILES string of the molecule is Cc1cccc(CN2CCC(C(=O)NCCOc3ccc(S(=O)(=O)N4CCOCC4)cc3)CC2)c1. The molecule has 0 saturated carbocycles. The highest BCUT2D eigenvalue weighted by Crippen LogP contribution is 2.21. The number of nitrogens with zero attached hydrogens (tertiary/aromatic N) is 2. The number of nitrogens with one attached hydrogen (secondary N) is 1. The fourth-order valence-electron chi connectivity index (χ4n) is 4.55. The lowest BCUT2D eigenvalue weighted by atomic mass is 9.95. The number of sulfonamides is 1. The van der Waals surface area contributed by atoms with Gasteiger partial charge in [-0.1, -0.05) is 29.8 Å². The van der Waals surface area contributed by atoms with Gasteiger partial charge >= 0.3 is 0 Å². The van der Waals surface area contributed by atoms with Gasteiger partial charge in [-0.05, 0) is 62.7 Å². The van der Waals surface area contributed by atoms with Crippen molar-refractivity contribution in [3.05, 3.63) is 59.7 Å². The first kappa shape index (κ1) is 25.6. The van der Waals surface area contributed by atoms with Crippen LogP contribution < -0.4 is 10.1 Å². The second-order valence-corrected chi connectivity index (χ2v) is 11.1. The van der Waals surface area contributed by atoms with Gasteiger partial charge in [0.1, 0.15) is 12.4 Å². The summed E-state index contributed by atoms with van der Waals surface area (Å²) in [5, 5.41) is 2.98. The molecule has 2 aliphatic heterocycles. The molecule has 2 heterocycles. The summed E-state index contributed by atoms with van der Waals surface area (Å²) in [7, 11) is -3.51. The standard InChI is InChI=1S/C26H35N3O5S/c1-21-3-2-4-22(19-21)20-28-12-9-23(10-13-28)26(30)27-11-16-34-24-5-7-25(8-6-24)35(31,32)29-14-17-33-18-15-29/h2-8,19,23H,9-18,20H2,1H3,(H,27,30). The number of piperidine rings is 1. The van der Waals surface area contributed by atoms with Crippen LogP contribution in [0.3, 0.4) is 0 Å². The minimum atomic E-state index is -3.51. The molecule has 0 aliphatic carbocycles. The Morgan fingerprint density at radius 3 is 2.46 bits per heavy atom. The monoisotopic (exact) mass is 501 g/mol. The fraction of sp³-hybridized carbons (Fsp3) is 0.500. The van der Waals surface area contributed by atoms with Crippen LogP contribution in [0.2, 0.25) is 0 Å². The number of hydrogen-bond donors (Lipinski definition) is 1. The minimum Gasteiger partial charge on any atom is -0.492 e. The van der Waals surface area contributed by atoms with Gasteiger partial charge in [0.15, 0.2) is 0 Å². The number of aryl methyl sites for hydroxylation is 1. The molecule has 0 radical (unpaired) electrons. The largest absolute Gasteiger partial charge is 0.492 e. The first-order chi connectivity index (χ1) is 16.9. The lowest BCUT2D eigenvalue weighted by Crippen LogP contribution is -2.41. The second kappa shape index (κ2) is 12.0. The van der Waals surface area contributed by atoms with E-state index in [2.05, 4.69) is 41.4 Å². The zero-order chi connectivity index (χ0) is 24.7. The summed E-state index contributed by atoms with van der Waals surface area (Å²) in [5.41, 5.74) is 2.59. The van der Waals surface area contributed by atoms with E-state index >= 15 is 0 Å². The van der Waals surface area contributed by atoms with Gasteiger partial charge in [-0.15, -0.1) is 0 Å². The van der Waals surface area contributed by atoms with Crippen LogP contribution in [-0.2, 0) is 26.1 Å². The van der Waals surface area contributed by atoms with E-state index in [9.17, 15) is 13.2 Å². The molecule has 0 unspecified atom stereocenters. The van der Waals surface area contributed by atoms with Gasteiger partial charge in [-0.2, -0.15) is 4.31 Å². The fourth-order valence-corrected chi connectivity index (χ4v) is 5.96. The molecule has 4 rings (SSSR count). The number of amides is 1. The molecule has 2 aromatic rings. The Morgan fingerprint density at radius 1 is 1.06 bits per heavy atom. The average molecular weight is 502 g/mol. The Labute approximate surface area is 208 Å². The van der Waals surface area contributed by atoms with Crippen molar-refractivity contribution in [3.63, 3.8) is 0 Å². The maximum atomic E-state index is 12.7. The molecule has 0 aromatic heterocycles. The number of hydrogen-bond acceptors (Lipinski definition) is 6. The molecule has 35 heavy (non-hydrogen) atoms. The smallest absolute Gasteiger partial charge is 0.243 e. The molecule has 2 aromatic carbocycles. The van der Waals surface area contributed by atoms with Crippen molar-refractivity contribution < 1.29 is 22.7 Å². The lowest BCUT2D eigenvalue weighted by molar-refractivity contribution is -0.126. The zero-order valence-corrected chi connectivity index (χ0v) is 21.1. The van der Waals surface area contributed by atoms with Crippen molar-refractivity contribution in [1.29, 1.82) is 0 Å². The Hall–Kier alpha value is -2.46. The van der Waals surface area contributed by atoms with E-state index in [0.717, 1.165) is 32.5 Å². The highest BCUT2D eigenvalue weighted by atomic mass is 32.2. The minimum absolute atomic E-state index is 0.0356. The van der Waals surface area contributed by atoms with E-state index in [-0.39, 0.29) is 16.7 Å². The third-order valence-electron chi connectivity index (χ3n) is 6.55. The molecular formula is C26H35N3O5S. The highest BCUT2D eigenvalue weighted by Gasteiger charge is 2.26. The van der Waals surface area contributed by atoms with Crippen LogP contribution in [0.25, 0.3) is 0 Å². The maximum Gasteiger partial charge on any atom is 0.243 e. The molecule has 0 bridgehead atoms. The van der Waals surface area contributed by atoms with E-state index in [0.29, 0.717) is 45.2 Å². The Morgan fingerprint density at radius 2 is 1.77 bits per heavy atom. The predicted molar refractivity (Wildman–Crippen MR) is 134 cm³/mol. The second-order valence-electron chi connectivity index (χ2n) is 9.17. The number of carbonyl (C=O) groups excluding carboxylic acids is 1. The molecule has 8 nitrogen and oxygen atoms in total. The van der Waals surface area contributed by atoms with Gasteiger partial charge < -0.3 is 14.8 Å². The maximum absolute atomic E-state index is 12.7. The van der Waals surface area contributed by atoms with Gasteiger partial charge in [0.25, 0.3) is 0 Å². The van der Waals surface area contributed by atoms with Crippen molar-refractivity contribution in [2.24, 2.45) is 5.92 Å². The molecule has 2 fully saturated rings. The van der Waals surface area contributed by atoms with Crippen molar-refractivity contribution >= 4 is 15.9 Å². The van der Waals surface area contributed by atoms with E-state index in [1.54, 1.807) is 24.3 Å². The number of morpholine rings is 1. The molecule has 0 atom stereocenters. The van der Waals surface area contributed by atoms with Crippen molar-refractivity contribution in [2.75, 3.05) is 52.5 Å². The van der Waals surface area contributed by atoms with Gasteiger partial charge in [0.2, 0.25) is 15.9 Å². The van der Waals surface area contributed by atoms with Crippen LogP contribution in [0.5, 0.6) is 5.75 Å². The van der Waals surface area contributed by atoms with Crippen LogP contribution in [0.15, 0.2) is 53.4 Å². The molecule has 0 spiro atoms. The third-order valence-corrected chi connectivity index (χ3v) is 8.46. The number of ether oxygens (including phenoxy) is 2. The summed E-state index contributed by atoms with van der Waals surface area (Å²) < 4.78 is 37.7. The van der Waals surface area contributed by atoms with Crippen LogP contribution in [0.4, 0.5) is 0 Å². The third kappa shape index (κ3) is 7.04. The lowest BCUT2D eigenvalue weighted by Gasteiger charge is -2.31. The van der Waals surface area contributed by atoms with Crippen LogP contribution in [0, 0.1) is 12.8 Å². The predicted octanol–water partition coefficient (Wildman–Crippen LogP) is 2.42. The molecule has 9 heteroatoms. The number of carbonyl (C=O) groups is 1. The van der Waals surface area contributed by atoms with E-state index in [1.165, 1.54) is 15.4 Å². The van der Waals surface area contributed by atoms with Crippen molar-refractivity contribution in [1.82, 2.24) is 14.5 Å². The summed E-state index contributed by atoms with van der Waals surface area (Å²) in [6, 6.07) is 15.0. The van der Waals surface area contributed by atoms with E-state index in [1.807, 2.05) is 0 Å². The van der Waals surface area contributed by atoms with Gasteiger partial charge in [0.05, 0.1) is 24.7 Å². The summed E-state index contributed by atoms with van der Waals surface area (Å²) >= 11 is 0. The normalized spacial score (nSPS) is 18.3. The first-order valence-corrected chi connectivity index (χ1v) is 13.7. The van der Waals surface area contributed by atoms with Crippen LogP contribution in [-0.4, -0.2) is 76.1 Å². The van der Waals surface area contributed by atoms with Gasteiger partial charge in [0, 0.05) is 25.6 Å². The summed E-state index contributed by atoms with van der Waals surface area (Å²) in [5.74, 6) is 0.689. The summed E-state index contributed by atoms with van der Waals surface area (Å²) in [6.45, 7) is 7.18. The molecule has 1 N–H and O–H groups in total. The molecule has 1 amide bonds. The topological polar surface area (TPSA) is 88.2 Å². The average Bonchev–Trinajstić information content (AvgIpc) is 2.88. The number of rotatable bonds is 9. The molecule has 2 aliphatic rings. The van der Waals surface area contributed by atoms with E-state index in [4.69, 9.17) is 9.47 Å². The Bertz CT molecular complexity index is 1080. The summed E-state index contributed by atoms with van der Waals surface area (Å²) in [6.07, 6.45) is 1.72. The summed E-state index contributed by atoms with van der Waals surface area (Å²) in [4.78, 5) is 15.2. The van der Waals surface area contributed by atoms with Gasteiger partial charge in [-0.3, -0.25) is 9.69 Å². The number of likely N-dealkylation sites (tertiary alicyclic amines) is 1. The Kier molecular flexibility index (Phi) is 8.78. The number of benzene rings is 2. The van der Waals surface area contributed by atoms with Crippen LogP contribution >= 0.6 is 0 Å². The quantitative estimate of drug-likeness (QED) is 0.531. The zero-order valence-electron chi connectivity index (χ0n) is 20.3. The van der Waals surface area contributed by atoms with Crippen molar-refractivity contribution in [3.8, 4) is 5.75 Å². The van der Waals surface area contributed by atoms with E-state index < -0.39 is 10.0 Å². The Balaban J connectivity index is 1.15. The molecular weight excluding hydrogens is 466 g/mol. The van der Waals surface area contributed by atoms with Crippen molar-refractivity contribution in [2.45, 2.75) is 31.2 Å². The highest BCUT2D eigenvalue weighted by molar-refractivity contribution is 7.89. The molecule has 2 saturated heterocycles.